The zero-order valence-corrected chi connectivity index (χ0v) is 14.1. The summed E-state index contributed by atoms with van der Waals surface area (Å²) in [6, 6.07) is 0. The van der Waals surface area contributed by atoms with Crippen molar-refractivity contribution in [3.8, 4) is 0 Å². The van der Waals surface area contributed by atoms with Crippen LogP contribution in [0.2, 0.25) is 0 Å². The maximum atomic E-state index is 12.3. The zero-order chi connectivity index (χ0) is 15.5. The number of aromatic nitrogens is 1. The first-order valence-electron chi connectivity index (χ1n) is 7.77. The number of amides is 1. The lowest BCUT2D eigenvalue weighted by molar-refractivity contribution is 0.0854. The Kier molecular flexibility index (Phi) is 5.08. The fourth-order valence-electron chi connectivity index (χ4n) is 2.76. The third-order valence-corrected chi connectivity index (χ3v) is 5.71. The maximum absolute atomic E-state index is 12.3. The Morgan fingerprint density at radius 1 is 1.48 bits per heavy atom. The Morgan fingerprint density at radius 3 is 2.71 bits per heavy atom. The van der Waals surface area contributed by atoms with Crippen molar-refractivity contribution in [3.05, 3.63) is 4.88 Å². The van der Waals surface area contributed by atoms with E-state index < -0.39 is 0 Å². The highest BCUT2D eigenvalue weighted by molar-refractivity contribution is 7.18. The van der Waals surface area contributed by atoms with Crippen LogP contribution in [0.15, 0.2) is 0 Å². The van der Waals surface area contributed by atoms with E-state index in [4.69, 9.17) is 5.73 Å². The largest absolute Gasteiger partial charge is 0.382 e. The number of nitrogen functional groups attached to an aromatic ring is 1. The highest BCUT2D eigenvalue weighted by atomic mass is 32.1. The van der Waals surface area contributed by atoms with Crippen LogP contribution in [-0.2, 0) is 0 Å². The summed E-state index contributed by atoms with van der Waals surface area (Å²) in [6.07, 6.45) is 5.86. The second-order valence-electron chi connectivity index (χ2n) is 6.02. The number of carbonyl (C=O) groups excluding carboxylic acids is 1. The molecule has 118 valence electrons. The first-order valence-corrected chi connectivity index (χ1v) is 8.58. The van der Waals surface area contributed by atoms with E-state index in [9.17, 15) is 4.79 Å². The first-order chi connectivity index (χ1) is 10.0. The molecule has 21 heavy (non-hydrogen) atoms. The molecule has 0 saturated heterocycles. The standard InChI is InChI=1S/C15H26N4OS/c1-4-9-19(3)14-18-12(16)11(21-14)13(20)17-10-15(5-2)7-6-8-15/h4-10,16H2,1-3H3,(H,17,20). The molecular weight excluding hydrogens is 284 g/mol. The van der Waals surface area contributed by atoms with Gasteiger partial charge in [-0.05, 0) is 31.1 Å². The van der Waals surface area contributed by atoms with Crippen molar-refractivity contribution >= 4 is 28.2 Å². The minimum atomic E-state index is -0.0825. The lowest BCUT2D eigenvalue weighted by Gasteiger charge is -2.41. The number of hydrogen-bond acceptors (Lipinski definition) is 5. The lowest BCUT2D eigenvalue weighted by atomic mass is 9.67. The SMILES string of the molecule is CCCN(C)c1nc(N)c(C(=O)NCC2(CC)CCC2)s1. The van der Waals surface area contributed by atoms with Crippen LogP contribution in [-0.4, -0.2) is 31.0 Å². The molecule has 5 nitrogen and oxygen atoms in total. The van der Waals surface area contributed by atoms with Gasteiger partial charge in [-0.2, -0.15) is 0 Å². The number of nitrogens with one attached hydrogen (secondary N) is 1. The van der Waals surface area contributed by atoms with Gasteiger partial charge in [0.25, 0.3) is 5.91 Å². The van der Waals surface area contributed by atoms with Gasteiger partial charge < -0.3 is 16.0 Å². The molecule has 0 spiro atoms. The van der Waals surface area contributed by atoms with Crippen molar-refractivity contribution in [2.75, 3.05) is 30.8 Å². The van der Waals surface area contributed by atoms with E-state index in [1.165, 1.54) is 30.6 Å². The van der Waals surface area contributed by atoms with Gasteiger partial charge in [-0.15, -0.1) is 0 Å². The Bertz CT molecular complexity index is 490. The van der Waals surface area contributed by atoms with Gasteiger partial charge in [0, 0.05) is 20.1 Å². The van der Waals surface area contributed by atoms with Gasteiger partial charge >= 0.3 is 0 Å². The van der Waals surface area contributed by atoms with E-state index in [-0.39, 0.29) is 5.91 Å². The normalized spacial score (nSPS) is 16.3. The summed E-state index contributed by atoms with van der Waals surface area (Å²) in [6.45, 7) is 5.97. The minimum absolute atomic E-state index is 0.0825. The molecule has 0 atom stereocenters. The molecule has 1 saturated carbocycles. The number of nitrogens with zero attached hydrogens (tertiary/aromatic N) is 2. The van der Waals surface area contributed by atoms with Gasteiger partial charge in [0.15, 0.2) is 5.13 Å². The average molecular weight is 310 g/mol. The molecule has 0 bridgehead atoms. The maximum Gasteiger partial charge on any atom is 0.265 e. The smallest absolute Gasteiger partial charge is 0.265 e. The first kappa shape index (κ1) is 16.1. The van der Waals surface area contributed by atoms with Crippen LogP contribution < -0.4 is 16.0 Å². The Balaban J connectivity index is 1.99. The number of hydrogen-bond donors (Lipinski definition) is 2. The van der Waals surface area contributed by atoms with E-state index in [1.807, 2.05) is 11.9 Å². The molecule has 1 aromatic rings. The van der Waals surface area contributed by atoms with Gasteiger partial charge in [-0.3, -0.25) is 4.79 Å². The van der Waals surface area contributed by atoms with Gasteiger partial charge in [0.1, 0.15) is 10.7 Å². The molecular formula is C15H26N4OS. The Morgan fingerprint density at radius 2 is 2.19 bits per heavy atom. The van der Waals surface area contributed by atoms with E-state index in [0.717, 1.165) is 31.1 Å². The van der Waals surface area contributed by atoms with Crippen LogP contribution in [0.3, 0.4) is 0 Å². The van der Waals surface area contributed by atoms with Crippen LogP contribution in [0.4, 0.5) is 10.9 Å². The zero-order valence-electron chi connectivity index (χ0n) is 13.2. The van der Waals surface area contributed by atoms with Crippen LogP contribution >= 0.6 is 11.3 Å². The van der Waals surface area contributed by atoms with Crippen molar-refractivity contribution in [1.29, 1.82) is 0 Å². The monoisotopic (exact) mass is 310 g/mol. The number of carbonyl (C=O) groups is 1. The number of nitrogens with two attached hydrogens (primary N) is 1. The number of thiazole rings is 1. The quantitative estimate of drug-likeness (QED) is 0.812. The van der Waals surface area contributed by atoms with E-state index >= 15 is 0 Å². The Hall–Kier alpha value is -1.30. The summed E-state index contributed by atoms with van der Waals surface area (Å²) in [5.41, 5.74) is 6.22. The van der Waals surface area contributed by atoms with Gasteiger partial charge in [-0.25, -0.2) is 4.98 Å². The van der Waals surface area contributed by atoms with Gasteiger partial charge in [0.05, 0.1) is 0 Å². The van der Waals surface area contributed by atoms with Crippen molar-refractivity contribution in [2.24, 2.45) is 5.41 Å². The third-order valence-electron chi connectivity index (χ3n) is 4.52. The minimum Gasteiger partial charge on any atom is -0.382 e. The summed E-state index contributed by atoms with van der Waals surface area (Å²) < 4.78 is 0. The topological polar surface area (TPSA) is 71.2 Å². The van der Waals surface area contributed by atoms with Gasteiger partial charge in [-0.1, -0.05) is 31.6 Å². The molecule has 1 heterocycles. The second kappa shape index (κ2) is 6.64. The van der Waals surface area contributed by atoms with Crippen molar-refractivity contribution in [1.82, 2.24) is 10.3 Å². The van der Waals surface area contributed by atoms with E-state index in [1.54, 1.807) is 0 Å². The predicted octanol–water partition coefficient (Wildman–Crippen LogP) is 2.88. The molecule has 0 aromatic carbocycles. The molecule has 1 aliphatic rings. The van der Waals surface area contributed by atoms with Crippen molar-refractivity contribution < 1.29 is 4.79 Å². The van der Waals surface area contributed by atoms with E-state index in [0.29, 0.717) is 16.1 Å². The summed E-state index contributed by atoms with van der Waals surface area (Å²) in [4.78, 5) is 19.2. The average Bonchev–Trinajstić information content (AvgIpc) is 2.80. The second-order valence-corrected chi connectivity index (χ2v) is 7.00. The summed E-state index contributed by atoms with van der Waals surface area (Å²) in [5.74, 6) is 0.260. The van der Waals surface area contributed by atoms with Crippen molar-refractivity contribution in [3.63, 3.8) is 0 Å². The number of anilines is 2. The fraction of sp³-hybridized carbons (Fsp3) is 0.733. The fourth-order valence-corrected chi connectivity index (χ4v) is 3.65. The van der Waals surface area contributed by atoms with Crippen LogP contribution in [0.25, 0.3) is 0 Å². The molecule has 0 radical (unpaired) electrons. The molecule has 1 fully saturated rings. The molecule has 3 N–H and O–H groups in total. The highest BCUT2D eigenvalue weighted by Gasteiger charge is 2.35. The van der Waals surface area contributed by atoms with Crippen molar-refractivity contribution in [2.45, 2.75) is 46.0 Å². The van der Waals surface area contributed by atoms with Gasteiger partial charge in [0.2, 0.25) is 0 Å². The molecule has 6 heteroatoms. The highest BCUT2D eigenvalue weighted by Crippen LogP contribution is 2.43. The third kappa shape index (κ3) is 3.48. The molecule has 2 rings (SSSR count). The molecule has 1 amide bonds. The summed E-state index contributed by atoms with van der Waals surface area (Å²) in [5, 5.41) is 3.86. The molecule has 1 aromatic heterocycles. The molecule has 0 unspecified atom stereocenters. The summed E-state index contributed by atoms with van der Waals surface area (Å²) in [7, 11) is 1.98. The van der Waals surface area contributed by atoms with Crippen LogP contribution in [0.5, 0.6) is 0 Å². The molecule has 0 aliphatic heterocycles. The predicted molar refractivity (Wildman–Crippen MR) is 89.0 cm³/mol. The number of rotatable bonds is 7. The summed E-state index contributed by atoms with van der Waals surface area (Å²) >= 11 is 1.38. The van der Waals surface area contributed by atoms with E-state index in [2.05, 4.69) is 24.1 Å². The lowest BCUT2D eigenvalue weighted by Crippen LogP contribution is -2.41. The van der Waals surface area contributed by atoms with Crippen LogP contribution in [0.1, 0.15) is 55.6 Å². The molecule has 1 aliphatic carbocycles. The Labute approximate surface area is 130 Å². The van der Waals surface area contributed by atoms with Crippen LogP contribution in [0, 0.1) is 5.41 Å².